The molecular weight excluding hydrogens is 374 g/mol. The Morgan fingerprint density at radius 2 is 1.89 bits per heavy atom. The lowest BCUT2D eigenvalue weighted by atomic mass is 9.87. The van der Waals surface area contributed by atoms with Crippen LogP contribution in [0.3, 0.4) is 0 Å². The van der Waals surface area contributed by atoms with Crippen LogP contribution in [0.2, 0.25) is 0 Å². The van der Waals surface area contributed by atoms with Crippen molar-refractivity contribution in [3.63, 3.8) is 0 Å². The number of allylic oxidation sites excluding steroid dienone is 2. The molecule has 0 spiro atoms. The second-order valence-corrected chi connectivity index (χ2v) is 8.89. The highest BCUT2D eigenvalue weighted by Crippen LogP contribution is 2.20. The third-order valence-corrected chi connectivity index (χ3v) is 5.99. The number of hydrogen-bond donors (Lipinski definition) is 2. The first-order valence-electron chi connectivity index (χ1n) is 8.79. The zero-order chi connectivity index (χ0) is 20.0. The van der Waals surface area contributed by atoms with Crippen molar-refractivity contribution in [1.29, 1.82) is 10.8 Å². The van der Waals surface area contributed by atoms with Gasteiger partial charge in [0.1, 0.15) is 5.84 Å². The maximum absolute atomic E-state index is 12.0. The Labute approximate surface area is 157 Å². The van der Waals surface area contributed by atoms with Gasteiger partial charge in [-0.15, -0.1) is 5.06 Å². The monoisotopic (exact) mass is 397 g/mol. The molecule has 1 heterocycles. The van der Waals surface area contributed by atoms with Gasteiger partial charge in [-0.2, -0.15) is 0 Å². The number of amides is 1. The number of sulfone groups is 1. The predicted octanol–water partition coefficient (Wildman–Crippen LogP) is 1.18. The molecule has 0 aromatic heterocycles. The molecule has 1 fully saturated rings. The Bertz CT molecular complexity index is 770. The van der Waals surface area contributed by atoms with E-state index in [2.05, 4.69) is 4.84 Å². The first-order valence-corrected chi connectivity index (χ1v) is 10.6. The molecule has 10 heteroatoms. The molecule has 148 valence electrons. The predicted molar refractivity (Wildman–Crippen MR) is 97.0 cm³/mol. The third kappa shape index (κ3) is 6.38. The van der Waals surface area contributed by atoms with E-state index in [0.717, 1.165) is 0 Å². The van der Waals surface area contributed by atoms with Gasteiger partial charge in [-0.25, -0.2) is 13.2 Å². The molecule has 1 aliphatic heterocycles. The molecule has 0 aromatic carbocycles. The van der Waals surface area contributed by atoms with Crippen LogP contribution in [-0.2, 0) is 29.1 Å². The summed E-state index contributed by atoms with van der Waals surface area (Å²) < 4.78 is 24.0. The van der Waals surface area contributed by atoms with Crippen molar-refractivity contribution in [2.45, 2.75) is 44.9 Å². The molecule has 0 saturated carbocycles. The standard InChI is InChI=1S/C17H23N3O6S/c18-13-5-6-14(21)12(10-13)4-2-1-3-9-27(24,25)11-17(23)26-20-15(19)7-8-16(20)22/h5-6,12,18-19H,1-4,7-11H2. The number of carbonyl (C=O) groups is 3. The van der Waals surface area contributed by atoms with E-state index in [0.29, 0.717) is 42.9 Å². The molecule has 0 aromatic rings. The second-order valence-electron chi connectivity index (χ2n) is 6.70. The van der Waals surface area contributed by atoms with Crippen molar-refractivity contribution in [2.24, 2.45) is 5.92 Å². The molecule has 27 heavy (non-hydrogen) atoms. The Hall–Kier alpha value is -2.36. The molecule has 2 aliphatic rings. The Balaban J connectivity index is 1.67. The lowest BCUT2D eigenvalue weighted by Crippen LogP contribution is -2.34. The van der Waals surface area contributed by atoms with Crippen molar-refractivity contribution in [1.82, 2.24) is 5.06 Å². The van der Waals surface area contributed by atoms with Crippen LogP contribution in [0.5, 0.6) is 0 Å². The SMILES string of the molecule is N=C1C=CC(=O)C(CCCCCS(=O)(=O)CC(=O)ON2C(=N)CCC2=O)C1. The zero-order valence-corrected chi connectivity index (χ0v) is 15.7. The summed E-state index contributed by atoms with van der Waals surface area (Å²) in [4.78, 5) is 39.5. The molecule has 1 atom stereocenters. The fraction of sp³-hybridized carbons (Fsp3) is 0.588. The molecule has 0 radical (unpaired) electrons. The highest BCUT2D eigenvalue weighted by atomic mass is 32.2. The number of ketones is 1. The first kappa shape index (κ1) is 20.9. The van der Waals surface area contributed by atoms with Gasteiger partial charge in [-0.3, -0.25) is 15.0 Å². The summed E-state index contributed by atoms with van der Waals surface area (Å²) in [7, 11) is -3.68. The van der Waals surface area contributed by atoms with Crippen molar-refractivity contribution < 1.29 is 27.6 Å². The number of hydroxylamine groups is 2. The number of carbonyl (C=O) groups excluding carboxylic acids is 3. The van der Waals surface area contributed by atoms with Crippen LogP contribution in [0.4, 0.5) is 0 Å². The number of unbranched alkanes of at least 4 members (excludes halogenated alkanes) is 2. The van der Waals surface area contributed by atoms with E-state index in [1.165, 1.54) is 12.2 Å². The number of rotatable bonds is 9. The van der Waals surface area contributed by atoms with Crippen molar-refractivity contribution >= 4 is 39.0 Å². The normalized spacial score (nSPS) is 20.4. The van der Waals surface area contributed by atoms with E-state index < -0.39 is 27.5 Å². The highest BCUT2D eigenvalue weighted by Gasteiger charge is 2.31. The quantitative estimate of drug-likeness (QED) is 0.559. The third-order valence-electron chi connectivity index (χ3n) is 4.40. The molecule has 1 amide bonds. The van der Waals surface area contributed by atoms with Crippen LogP contribution in [0.25, 0.3) is 0 Å². The van der Waals surface area contributed by atoms with E-state index in [9.17, 15) is 22.8 Å². The summed E-state index contributed by atoms with van der Waals surface area (Å²) >= 11 is 0. The number of hydrogen-bond acceptors (Lipinski definition) is 8. The molecule has 2 N–H and O–H groups in total. The lowest BCUT2D eigenvalue weighted by Gasteiger charge is -2.16. The largest absolute Gasteiger partial charge is 0.348 e. The van der Waals surface area contributed by atoms with Gasteiger partial charge in [0.2, 0.25) is 0 Å². The topological polar surface area (TPSA) is 146 Å². The first-order chi connectivity index (χ1) is 12.7. The maximum Gasteiger partial charge on any atom is 0.348 e. The van der Waals surface area contributed by atoms with E-state index in [1.807, 2.05) is 0 Å². The van der Waals surface area contributed by atoms with Gasteiger partial charge in [0.05, 0.1) is 5.75 Å². The average molecular weight is 397 g/mol. The van der Waals surface area contributed by atoms with Crippen LogP contribution >= 0.6 is 0 Å². The zero-order valence-electron chi connectivity index (χ0n) is 14.9. The van der Waals surface area contributed by atoms with Crippen molar-refractivity contribution in [2.75, 3.05) is 11.5 Å². The fourth-order valence-corrected chi connectivity index (χ4v) is 4.15. The van der Waals surface area contributed by atoms with E-state index >= 15 is 0 Å². The summed E-state index contributed by atoms with van der Waals surface area (Å²) in [5.74, 6) is -3.01. The average Bonchev–Trinajstić information content (AvgIpc) is 2.89. The van der Waals surface area contributed by atoms with Crippen LogP contribution in [0, 0.1) is 16.7 Å². The molecule has 9 nitrogen and oxygen atoms in total. The molecule has 0 bridgehead atoms. The van der Waals surface area contributed by atoms with E-state index in [-0.39, 0.29) is 36.1 Å². The van der Waals surface area contributed by atoms with E-state index in [1.54, 1.807) is 0 Å². The number of amidine groups is 1. The van der Waals surface area contributed by atoms with Gasteiger partial charge in [-0.1, -0.05) is 12.8 Å². The summed E-state index contributed by atoms with van der Waals surface area (Å²) in [6, 6.07) is 0. The van der Waals surface area contributed by atoms with Gasteiger partial charge in [-0.05, 0) is 31.4 Å². The lowest BCUT2D eigenvalue weighted by molar-refractivity contribution is -0.177. The summed E-state index contributed by atoms with van der Waals surface area (Å²) in [6.07, 6.45) is 5.77. The Kier molecular flexibility index (Phi) is 7.00. The van der Waals surface area contributed by atoms with Gasteiger partial charge in [0.25, 0.3) is 5.91 Å². The van der Waals surface area contributed by atoms with Gasteiger partial charge < -0.3 is 10.2 Å². The molecular formula is C17H23N3O6S. The minimum absolute atomic E-state index is 0.00314. The highest BCUT2D eigenvalue weighted by molar-refractivity contribution is 7.92. The number of nitrogens with zero attached hydrogens (tertiary/aromatic N) is 1. The summed E-state index contributed by atoms with van der Waals surface area (Å²) in [5.41, 5.74) is 0.422. The van der Waals surface area contributed by atoms with Crippen molar-refractivity contribution in [3.8, 4) is 0 Å². The fourth-order valence-electron chi connectivity index (χ4n) is 2.95. The van der Waals surface area contributed by atoms with Crippen LogP contribution in [0.15, 0.2) is 12.2 Å². The van der Waals surface area contributed by atoms with E-state index in [4.69, 9.17) is 10.8 Å². The Morgan fingerprint density at radius 1 is 1.15 bits per heavy atom. The summed E-state index contributed by atoms with van der Waals surface area (Å²) in [6.45, 7) is 0. The van der Waals surface area contributed by atoms with Gasteiger partial charge in [0, 0.05) is 24.5 Å². The van der Waals surface area contributed by atoms with Crippen LogP contribution < -0.4 is 0 Å². The molecule has 1 saturated heterocycles. The van der Waals surface area contributed by atoms with Crippen molar-refractivity contribution in [3.05, 3.63) is 12.2 Å². The Morgan fingerprint density at radius 3 is 2.56 bits per heavy atom. The molecule has 1 unspecified atom stereocenters. The number of nitrogens with one attached hydrogen (secondary N) is 2. The molecule has 1 aliphatic carbocycles. The summed E-state index contributed by atoms with van der Waals surface area (Å²) in [5, 5.41) is 15.6. The minimum atomic E-state index is -3.68. The van der Waals surface area contributed by atoms with Gasteiger partial charge in [0.15, 0.2) is 21.4 Å². The van der Waals surface area contributed by atoms with Gasteiger partial charge >= 0.3 is 5.97 Å². The second kappa shape index (κ2) is 9.03. The smallest absolute Gasteiger partial charge is 0.331 e. The van der Waals surface area contributed by atoms with Crippen LogP contribution in [-0.4, -0.2) is 54.2 Å². The minimum Gasteiger partial charge on any atom is -0.331 e. The molecule has 2 rings (SSSR count). The van der Waals surface area contributed by atoms with Crippen LogP contribution in [0.1, 0.15) is 44.9 Å². The maximum atomic E-state index is 12.0.